The fraction of sp³-hybridized carbons (Fsp3) is 0.500. The summed E-state index contributed by atoms with van der Waals surface area (Å²) in [6.45, 7) is 4.64. The maximum Gasteiger partial charge on any atom is 0.106 e. The Labute approximate surface area is 99.7 Å². The van der Waals surface area contributed by atoms with Crippen LogP contribution in [-0.4, -0.2) is 19.8 Å². The van der Waals surface area contributed by atoms with E-state index >= 15 is 0 Å². The van der Waals surface area contributed by atoms with Crippen molar-refractivity contribution < 1.29 is 9.47 Å². The molecule has 84 valence electrons. The number of hydrogen-bond acceptors (Lipinski definition) is 2. The summed E-state index contributed by atoms with van der Waals surface area (Å²) in [4.78, 5) is 0. The Morgan fingerprint density at radius 3 is 2.27 bits per heavy atom. The molecule has 0 saturated heterocycles. The number of rotatable bonds is 5. The monoisotopic (exact) mass is 272 g/mol. The first-order valence-electron chi connectivity index (χ1n) is 5.03. The van der Waals surface area contributed by atoms with Crippen molar-refractivity contribution >= 4 is 15.9 Å². The highest BCUT2D eigenvalue weighted by atomic mass is 79.9. The molecule has 1 aromatic carbocycles. The van der Waals surface area contributed by atoms with Crippen LogP contribution in [-0.2, 0) is 9.47 Å². The molecule has 0 spiro atoms. The van der Waals surface area contributed by atoms with Crippen molar-refractivity contribution in [3.05, 3.63) is 34.3 Å². The van der Waals surface area contributed by atoms with Gasteiger partial charge in [0.1, 0.15) is 6.10 Å². The van der Waals surface area contributed by atoms with E-state index in [1.54, 1.807) is 7.11 Å². The summed E-state index contributed by atoms with van der Waals surface area (Å²) >= 11 is 3.41. The number of benzene rings is 1. The summed E-state index contributed by atoms with van der Waals surface area (Å²) in [5, 5.41) is 0. The van der Waals surface area contributed by atoms with Crippen molar-refractivity contribution in [2.24, 2.45) is 0 Å². The summed E-state index contributed by atoms with van der Waals surface area (Å²) in [6.07, 6.45) is 0.219. The molecule has 1 atom stereocenters. The molecular formula is C12H17BrO2. The average Bonchev–Trinajstić information content (AvgIpc) is 2.17. The van der Waals surface area contributed by atoms with Crippen molar-refractivity contribution in [2.75, 3.05) is 13.7 Å². The lowest BCUT2D eigenvalue weighted by Crippen LogP contribution is -2.15. The Hall–Kier alpha value is -0.380. The van der Waals surface area contributed by atoms with Crippen LogP contribution in [0.4, 0.5) is 0 Å². The molecule has 2 nitrogen and oxygen atoms in total. The number of ether oxygens (including phenoxy) is 2. The molecule has 1 rings (SSSR count). The molecule has 0 amide bonds. The van der Waals surface area contributed by atoms with Crippen LogP contribution >= 0.6 is 15.9 Å². The fourth-order valence-corrected chi connectivity index (χ4v) is 1.64. The second-order valence-electron chi connectivity index (χ2n) is 3.68. The van der Waals surface area contributed by atoms with Crippen molar-refractivity contribution in [3.8, 4) is 0 Å². The van der Waals surface area contributed by atoms with Crippen molar-refractivity contribution in [1.29, 1.82) is 0 Å². The van der Waals surface area contributed by atoms with Gasteiger partial charge < -0.3 is 9.47 Å². The Bertz CT molecular complexity index is 282. The molecule has 0 aliphatic carbocycles. The number of hydrogen-bond donors (Lipinski definition) is 0. The van der Waals surface area contributed by atoms with Gasteiger partial charge in [-0.1, -0.05) is 28.1 Å². The van der Waals surface area contributed by atoms with E-state index in [1.807, 2.05) is 26.0 Å². The summed E-state index contributed by atoms with van der Waals surface area (Å²) in [5.74, 6) is 0. The molecule has 0 bridgehead atoms. The van der Waals surface area contributed by atoms with E-state index in [4.69, 9.17) is 9.47 Å². The van der Waals surface area contributed by atoms with E-state index in [-0.39, 0.29) is 12.2 Å². The van der Waals surface area contributed by atoms with Crippen molar-refractivity contribution in [2.45, 2.75) is 26.1 Å². The maximum absolute atomic E-state index is 5.78. The Morgan fingerprint density at radius 2 is 1.80 bits per heavy atom. The van der Waals surface area contributed by atoms with Crippen LogP contribution in [0.15, 0.2) is 28.7 Å². The maximum atomic E-state index is 5.78. The molecule has 0 aliphatic rings. The minimum Gasteiger partial charge on any atom is -0.382 e. The SMILES string of the molecule is COC[C@H](OC(C)C)c1ccc(Br)cc1. The number of methoxy groups -OCH3 is 1. The van der Waals surface area contributed by atoms with Gasteiger partial charge in [0.2, 0.25) is 0 Å². The van der Waals surface area contributed by atoms with Gasteiger partial charge in [0, 0.05) is 11.6 Å². The molecule has 0 unspecified atom stereocenters. The molecule has 0 saturated carbocycles. The zero-order chi connectivity index (χ0) is 11.3. The third-order valence-electron chi connectivity index (χ3n) is 2.00. The highest BCUT2D eigenvalue weighted by Crippen LogP contribution is 2.21. The highest BCUT2D eigenvalue weighted by molar-refractivity contribution is 9.10. The van der Waals surface area contributed by atoms with E-state index in [9.17, 15) is 0 Å². The Morgan fingerprint density at radius 1 is 1.20 bits per heavy atom. The van der Waals surface area contributed by atoms with Crippen LogP contribution in [0.1, 0.15) is 25.5 Å². The topological polar surface area (TPSA) is 18.5 Å². The van der Waals surface area contributed by atoms with Gasteiger partial charge in [-0.3, -0.25) is 0 Å². The lowest BCUT2D eigenvalue weighted by atomic mass is 10.1. The Balaban J connectivity index is 2.74. The second kappa shape index (κ2) is 6.26. The second-order valence-corrected chi connectivity index (χ2v) is 4.60. The van der Waals surface area contributed by atoms with E-state index in [0.717, 1.165) is 10.0 Å². The van der Waals surface area contributed by atoms with Gasteiger partial charge in [0.25, 0.3) is 0 Å². The summed E-state index contributed by atoms with van der Waals surface area (Å²) in [5.41, 5.74) is 1.15. The summed E-state index contributed by atoms with van der Waals surface area (Å²) in [6, 6.07) is 8.13. The number of halogens is 1. The largest absolute Gasteiger partial charge is 0.382 e. The predicted octanol–water partition coefficient (Wildman–Crippen LogP) is 3.56. The van der Waals surface area contributed by atoms with Gasteiger partial charge in [-0.2, -0.15) is 0 Å². The molecule has 3 heteroatoms. The van der Waals surface area contributed by atoms with Crippen molar-refractivity contribution in [3.63, 3.8) is 0 Å². The van der Waals surface area contributed by atoms with E-state index in [0.29, 0.717) is 6.61 Å². The van der Waals surface area contributed by atoms with Crippen molar-refractivity contribution in [1.82, 2.24) is 0 Å². The molecule has 1 aromatic rings. The lowest BCUT2D eigenvalue weighted by Gasteiger charge is -2.20. The van der Waals surface area contributed by atoms with Gasteiger partial charge in [0.05, 0.1) is 12.7 Å². The van der Waals surface area contributed by atoms with Crippen LogP contribution in [0.3, 0.4) is 0 Å². The van der Waals surface area contributed by atoms with Gasteiger partial charge >= 0.3 is 0 Å². The third-order valence-corrected chi connectivity index (χ3v) is 2.52. The molecule has 0 N–H and O–H groups in total. The molecule has 0 aliphatic heterocycles. The zero-order valence-electron chi connectivity index (χ0n) is 9.37. The first-order valence-corrected chi connectivity index (χ1v) is 5.82. The van der Waals surface area contributed by atoms with Gasteiger partial charge in [0.15, 0.2) is 0 Å². The fourth-order valence-electron chi connectivity index (χ4n) is 1.37. The van der Waals surface area contributed by atoms with Crippen LogP contribution in [0.5, 0.6) is 0 Å². The Kier molecular flexibility index (Phi) is 5.29. The van der Waals surface area contributed by atoms with Crippen LogP contribution in [0.25, 0.3) is 0 Å². The molecule has 15 heavy (non-hydrogen) atoms. The quantitative estimate of drug-likeness (QED) is 0.816. The van der Waals surface area contributed by atoms with Crippen LogP contribution < -0.4 is 0 Å². The van der Waals surface area contributed by atoms with Gasteiger partial charge in [-0.15, -0.1) is 0 Å². The standard InChI is InChI=1S/C12H17BrO2/c1-9(2)15-12(8-14-3)10-4-6-11(13)7-5-10/h4-7,9,12H,8H2,1-3H3/t12-/m0/s1. The van der Waals surface area contributed by atoms with Gasteiger partial charge in [-0.05, 0) is 31.5 Å². The van der Waals surface area contributed by atoms with E-state index in [2.05, 4.69) is 28.1 Å². The highest BCUT2D eigenvalue weighted by Gasteiger charge is 2.13. The third kappa shape index (κ3) is 4.33. The zero-order valence-corrected chi connectivity index (χ0v) is 11.0. The van der Waals surface area contributed by atoms with E-state index in [1.165, 1.54) is 0 Å². The lowest BCUT2D eigenvalue weighted by molar-refractivity contribution is -0.0356. The van der Waals surface area contributed by atoms with Crippen LogP contribution in [0, 0.1) is 0 Å². The average molecular weight is 273 g/mol. The van der Waals surface area contributed by atoms with E-state index < -0.39 is 0 Å². The minimum atomic E-state index is 0.0168. The molecule has 0 radical (unpaired) electrons. The first-order chi connectivity index (χ1) is 7.13. The first kappa shape index (κ1) is 12.7. The molecule has 0 fully saturated rings. The summed E-state index contributed by atoms with van der Waals surface area (Å²) < 4.78 is 12.0. The summed E-state index contributed by atoms with van der Waals surface area (Å²) in [7, 11) is 1.69. The molecular weight excluding hydrogens is 256 g/mol. The smallest absolute Gasteiger partial charge is 0.106 e. The molecule has 0 heterocycles. The predicted molar refractivity (Wildman–Crippen MR) is 65.0 cm³/mol. The minimum absolute atomic E-state index is 0.0168. The normalized spacial score (nSPS) is 13.1. The van der Waals surface area contributed by atoms with Crippen LogP contribution in [0.2, 0.25) is 0 Å². The van der Waals surface area contributed by atoms with Gasteiger partial charge in [-0.25, -0.2) is 0 Å². The molecule has 0 aromatic heterocycles.